The molecule has 2 aliphatic carbocycles. The number of carbonyl (C=O) groups excluding carboxylic acids is 1. The van der Waals surface area contributed by atoms with Gasteiger partial charge in [0.2, 0.25) is 0 Å². The summed E-state index contributed by atoms with van der Waals surface area (Å²) in [4.78, 5) is 15.8. The fraction of sp³-hybridized carbons (Fsp3) is 0.469. The van der Waals surface area contributed by atoms with Gasteiger partial charge < -0.3 is 20.6 Å². The van der Waals surface area contributed by atoms with Crippen LogP contribution in [0.3, 0.4) is 0 Å². The van der Waals surface area contributed by atoms with Crippen LogP contribution in [0.15, 0.2) is 54.6 Å². The second-order valence-electron chi connectivity index (χ2n) is 12.0. The van der Waals surface area contributed by atoms with Crippen LogP contribution >= 0.6 is 0 Å². The Kier molecular flexibility index (Phi) is 6.15. The minimum Gasteiger partial charge on any atom is -0.504 e. The second-order valence-corrected chi connectivity index (χ2v) is 12.0. The number of amides is 1. The van der Waals surface area contributed by atoms with Crippen LogP contribution in [-0.4, -0.2) is 56.9 Å². The van der Waals surface area contributed by atoms with E-state index in [2.05, 4.69) is 17.1 Å². The third kappa shape index (κ3) is 4.05. The number of piperidine rings is 1. The van der Waals surface area contributed by atoms with Gasteiger partial charge in [-0.2, -0.15) is 0 Å². The topological polar surface area (TPSA) is 93.0 Å². The lowest BCUT2D eigenvalue weighted by atomic mass is 9.52. The molecule has 1 aliphatic heterocycles. The zero-order valence-corrected chi connectivity index (χ0v) is 22.3. The number of rotatable bonds is 5. The van der Waals surface area contributed by atoms with E-state index < -0.39 is 11.0 Å². The van der Waals surface area contributed by atoms with Crippen molar-refractivity contribution in [3.8, 4) is 11.5 Å². The number of phenolic OH excluding ortho intramolecular Hbond substituents is 2. The Balaban J connectivity index is 1.34. The number of aliphatic hydroxyl groups is 1. The number of aryl methyl sites for hydroxylation is 1. The molecule has 3 aliphatic rings. The van der Waals surface area contributed by atoms with E-state index in [9.17, 15) is 20.1 Å². The Bertz CT molecular complexity index is 1390. The van der Waals surface area contributed by atoms with Gasteiger partial charge in [0.05, 0.1) is 5.60 Å². The maximum atomic E-state index is 13.4. The lowest BCUT2D eigenvalue weighted by Crippen LogP contribution is -2.71. The molecule has 6 rings (SSSR count). The van der Waals surface area contributed by atoms with E-state index in [4.69, 9.17) is 0 Å². The molecule has 1 amide bonds. The fourth-order valence-electron chi connectivity index (χ4n) is 7.42. The van der Waals surface area contributed by atoms with E-state index >= 15 is 0 Å². The van der Waals surface area contributed by atoms with Crippen molar-refractivity contribution < 1.29 is 20.1 Å². The second kappa shape index (κ2) is 9.28. The summed E-state index contributed by atoms with van der Waals surface area (Å²) in [6, 6.07) is 16.8. The normalized spacial score (nSPS) is 29.7. The molecular weight excluding hydrogens is 476 g/mol. The summed E-state index contributed by atoms with van der Waals surface area (Å²) in [7, 11) is 0. The molecule has 1 heterocycles. The van der Waals surface area contributed by atoms with Gasteiger partial charge in [0.1, 0.15) is 0 Å². The van der Waals surface area contributed by atoms with Crippen LogP contribution < -0.4 is 5.32 Å². The summed E-state index contributed by atoms with van der Waals surface area (Å²) >= 11 is 0. The Labute approximate surface area is 224 Å². The molecule has 4 atom stereocenters. The van der Waals surface area contributed by atoms with E-state index in [1.54, 1.807) is 0 Å². The minimum atomic E-state index is -1.10. The Morgan fingerprint density at radius 1 is 1.03 bits per heavy atom. The predicted molar refractivity (Wildman–Crippen MR) is 149 cm³/mol. The van der Waals surface area contributed by atoms with Crippen molar-refractivity contribution in [1.29, 1.82) is 0 Å². The molecule has 0 bridgehead atoms. The van der Waals surface area contributed by atoms with E-state index in [1.165, 1.54) is 18.9 Å². The first-order valence-corrected chi connectivity index (χ1v) is 14.0. The molecule has 0 radical (unpaired) electrons. The molecule has 6 nitrogen and oxygen atoms in total. The van der Waals surface area contributed by atoms with Crippen LogP contribution in [0.2, 0.25) is 0 Å². The molecule has 38 heavy (non-hydrogen) atoms. The molecule has 3 fully saturated rings. The van der Waals surface area contributed by atoms with E-state index in [-0.39, 0.29) is 29.5 Å². The van der Waals surface area contributed by atoms with Crippen molar-refractivity contribution in [3.05, 3.63) is 71.3 Å². The van der Waals surface area contributed by atoms with Crippen LogP contribution in [0.25, 0.3) is 10.8 Å². The maximum absolute atomic E-state index is 13.4. The fourth-order valence-corrected chi connectivity index (χ4v) is 7.42. The quantitative estimate of drug-likeness (QED) is 0.359. The third-order valence-electron chi connectivity index (χ3n) is 9.74. The van der Waals surface area contributed by atoms with Crippen molar-refractivity contribution in [2.24, 2.45) is 5.92 Å². The van der Waals surface area contributed by atoms with Gasteiger partial charge in [-0.15, -0.1) is 0 Å². The molecule has 3 aromatic carbocycles. The van der Waals surface area contributed by atoms with Gasteiger partial charge in [0.25, 0.3) is 5.91 Å². The van der Waals surface area contributed by atoms with Gasteiger partial charge in [-0.25, -0.2) is 0 Å². The first-order valence-electron chi connectivity index (χ1n) is 14.0. The molecule has 4 unspecified atom stereocenters. The molecule has 4 N–H and O–H groups in total. The highest BCUT2D eigenvalue weighted by Crippen LogP contribution is 2.58. The number of aromatic hydroxyl groups is 2. The predicted octanol–water partition coefficient (Wildman–Crippen LogP) is 5.02. The summed E-state index contributed by atoms with van der Waals surface area (Å²) in [6.45, 7) is 5.84. The summed E-state index contributed by atoms with van der Waals surface area (Å²) in [5, 5.41) is 39.6. The average molecular weight is 515 g/mol. The van der Waals surface area contributed by atoms with Gasteiger partial charge in [0, 0.05) is 35.2 Å². The van der Waals surface area contributed by atoms with Crippen LogP contribution in [0.1, 0.15) is 66.9 Å². The van der Waals surface area contributed by atoms with E-state index in [0.29, 0.717) is 42.7 Å². The van der Waals surface area contributed by atoms with Gasteiger partial charge in [-0.05, 0) is 99.4 Å². The largest absolute Gasteiger partial charge is 0.504 e. The smallest absolute Gasteiger partial charge is 0.251 e. The maximum Gasteiger partial charge on any atom is 0.251 e. The van der Waals surface area contributed by atoms with Gasteiger partial charge in [-0.3, -0.25) is 9.69 Å². The van der Waals surface area contributed by atoms with Crippen molar-refractivity contribution in [2.75, 3.05) is 13.1 Å². The van der Waals surface area contributed by atoms with Crippen molar-refractivity contribution in [1.82, 2.24) is 10.2 Å². The summed E-state index contributed by atoms with van der Waals surface area (Å²) < 4.78 is 0. The Morgan fingerprint density at radius 3 is 2.55 bits per heavy atom. The van der Waals surface area contributed by atoms with Gasteiger partial charge in [-0.1, -0.05) is 36.4 Å². The number of carbonyl (C=O) groups is 1. The SMILES string of the molecule is Cc1ccc(O)c(O)c1C12CCN(CC3CC3)C(C)C1(O)CCC(NC(=O)c1ccc3ccccc3c1)C2. The molecule has 2 saturated carbocycles. The molecule has 0 aromatic heterocycles. The third-order valence-corrected chi connectivity index (χ3v) is 9.74. The molecule has 1 saturated heterocycles. The molecule has 200 valence electrons. The highest BCUT2D eigenvalue weighted by molar-refractivity contribution is 5.98. The standard InChI is InChI=1S/C32H38N2O4/c1-20-7-12-27(35)29(36)28(20)31-15-16-34(19-22-8-9-22)21(2)32(31,38)14-13-26(18-31)33-30(37)25-11-10-23-5-3-4-6-24(23)17-25/h3-7,10-12,17,21-22,26,35-36,38H,8-9,13-16,18-19H2,1-2H3,(H,33,37). The first kappa shape index (κ1) is 25.2. The van der Waals surface area contributed by atoms with Crippen LogP contribution in [0.4, 0.5) is 0 Å². The molecule has 3 aromatic rings. The first-order chi connectivity index (χ1) is 18.2. The number of hydrogen-bond acceptors (Lipinski definition) is 5. The van der Waals surface area contributed by atoms with Crippen LogP contribution in [-0.2, 0) is 5.41 Å². The summed E-state index contributed by atoms with van der Waals surface area (Å²) in [5.74, 6) is 0.268. The lowest BCUT2D eigenvalue weighted by molar-refractivity contribution is -0.159. The number of likely N-dealkylation sites (tertiary alicyclic amines) is 1. The van der Waals surface area contributed by atoms with Gasteiger partial charge >= 0.3 is 0 Å². The summed E-state index contributed by atoms with van der Waals surface area (Å²) in [6.07, 6.45) is 4.82. The summed E-state index contributed by atoms with van der Waals surface area (Å²) in [5.41, 5.74) is 0.201. The Morgan fingerprint density at radius 2 is 1.79 bits per heavy atom. The number of fused-ring (bicyclic) bond motifs is 2. The van der Waals surface area contributed by atoms with Crippen LogP contribution in [0, 0.1) is 12.8 Å². The lowest BCUT2D eigenvalue weighted by Gasteiger charge is -2.61. The number of benzene rings is 3. The minimum absolute atomic E-state index is 0.102. The van der Waals surface area contributed by atoms with Crippen molar-refractivity contribution in [3.63, 3.8) is 0 Å². The number of phenols is 2. The number of nitrogens with one attached hydrogen (secondary N) is 1. The molecule has 0 spiro atoms. The zero-order valence-electron chi connectivity index (χ0n) is 22.3. The van der Waals surface area contributed by atoms with E-state index in [1.807, 2.05) is 55.5 Å². The van der Waals surface area contributed by atoms with Crippen molar-refractivity contribution >= 4 is 16.7 Å². The zero-order chi connectivity index (χ0) is 26.7. The monoisotopic (exact) mass is 514 g/mol. The van der Waals surface area contributed by atoms with E-state index in [0.717, 1.165) is 29.4 Å². The molecular formula is C32H38N2O4. The number of nitrogens with zero attached hydrogens (tertiary/aromatic N) is 1. The highest BCUT2D eigenvalue weighted by Gasteiger charge is 2.62. The van der Waals surface area contributed by atoms with Crippen molar-refractivity contribution in [2.45, 2.75) is 75.5 Å². The van der Waals surface area contributed by atoms with Crippen LogP contribution in [0.5, 0.6) is 11.5 Å². The molecule has 6 heteroatoms. The van der Waals surface area contributed by atoms with Gasteiger partial charge in [0.15, 0.2) is 11.5 Å². The highest BCUT2D eigenvalue weighted by atomic mass is 16.3. The number of hydrogen-bond donors (Lipinski definition) is 4. The average Bonchev–Trinajstić information content (AvgIpc) is 3.73. The Hall–Kier alpha value is -3.09.